The molecule has 0 fully saturated rings. The highest BCUT2D eigenvalue weighted by Gasteiger charge is 2.20. The summed E-state index contributed by atoms with van der Waals surface area (Å²) in [4.78, 5) is 22.8. The molecule has 1 aromatic heterocycles. The van der Waals surface area contributed by atoms with E-state index in [0.717, 1.165) is 135 Å². The lowest BCUT2D eigenvalue weighted by Gasteiger charge is -2.25. The Morgan fingerprint density at radius 3 is 0.424 bits per heavy atom. The second kappa shape index (κ2) is 28.0. The molecule has 15 aromatic carbocycles. The highest BCUT2D eigenvalue weighted by Crippen LogP contribution is 2.43. The number of anilines is 9. The molecule has 1 heterocycles. The molecule has 0 atom stereocenters. The molecule has 0 unspecified atom stereocenters. The molecule has 0 amide bonds. The fourth-order valence-electron chi connectivity index (χ4n) is 13.3. The highest BCUT2D eigenvalue weighted by molar-refractivity contribution is 5.90. The Labute approximate surface area is 578 Å². The number of benzene rings is 15. The minimum atomic E-state index is 0.582. The first-order valence-electron chi connectivity index (χ1n) is 33.5. The average molecular weight is 1270 g/mol. The predicted molar refractivity (Wildman–Crippen MR) is 413 cm³/mol. The van der Waals surface area contributed by atoms with Gasteiger partial charge in [-0.05, 0) is 176 Å². The van der Waals surface area contributed by atoms with Gasteiger partial charge in [0.25, 0.3) is 0 Å². The van der Waals surface area contributed by atoms with Gasteiger partial charge in [0.2, 0.25) is 0 Å². The fraction of sp³-hybridized carbons (Fsp3) is 0. The lowest BCUT2D eigenvalue weighted by molar-refractivity contribution is 1.07. The summed E-state index contributed by atoms with van der Waals surface area (Å²) in [6.45, 7) is 0. The van der Waals surface area contributed by atoms with Crippen LogP contribution in [0.1, 0.15) is 0 Å². The molecule has 0 saturated carbocycles. The molecule has 0 spiro atoms. The Kier molecular flexibility index (Phi) is 17.1. The van der Waals surface area contributed by atoms with Crippen LogP contribution in [0.2, 0.25) is 0 Å². The quantitative estimate of drug-likeness (QED) is 0.0853. The normalized spacial score (nSPS) is 11.0. The van der Waals surface area contributed by atoms with Gasteiger partial charge in [0.15, 0.2) is 17.5 Å². The molecule has 99 heavy (non-hydrogen) atoms. The van der Waals surface area contributed by atoms with Crippen LogP contribution in [0.3, 0.4) is 0 Å². The molecule has 0 aliphatic heterocycles. The average Bonchev–Trinajstić information content (AvgIpc) is 0.816. The van der Waals surface area contributed by atoms with Gasteiger partial charge >= 0.3 is 0 Å². The first-order chi connectivity index (χ1) is 49.1. The van der Waals surface area contributed by atoms with Gasteiger partial charge in [0, 0.05) is 67.9 Å². The monoisotopic (exact) mass is 1270 g/mol. The third-order valence-corrected chi connectivity index (χ3v) is 18.2. The zero-order valence-electron chi connectivity index (χ0n) is 54.3. The maximum atomic E-state index is 5.30. The summed E-state index contributed by atoms with van der Waals surface area (Å²) in [6.07, 6.45) is 0. The zero-order chi connectivity index (χ0) is 66.1. The van der Waals surface area contributed by atoms with Gasteiger partial charge in [0.05, 0.1) is 0 Å². The lowest BCUT2D eigenvalue weighted by atomic mass is 9.93. The Bertz CT molecular complexity index is 4680. The zero-order valence-corrected chi connectivity index (χ0v) is 54.3. The standard InChI is InChI=1S/C93H66N6/c1-7-25-76(26-8-1)97(77-27-9-2-10-28-77)82-61-55-70(56-62-82)88-40-22-19-37-85(88)67-43-49-73(50-44-67)91-94-92(74-51-45-68(46-52-74)86-38-20-23-41-89(86)71-57-63-83(64-58-71)98(78-29-11-3-12-30-78)79-31-13-4-14-32-79)96-93(95-91)75-53-47-69(48-54-75)87-39-21-24-42-90(87)72-59-65-84(66-60-72)99(80-33-15-5-16-34-80)81-35-17-6-18-36-81/h1-66H. The number of hydrogen-bond acceptors (Lipinski definition) is 6. The fourth-order valence-corrected chi connectivity index (χ4v) is 13.3. The van der Waals surface area contributed by atoms with Gasteiger partial charge in [-0.25, -0.2) is 15.0 Å². The first kappa shape index (κ1) is 60.6. The molecule has 0 saturated heterocycles. The molecule has 0 aliphatic rings. The summed E-state index contributed by atoms with van der Waals surface area (Å²) in [6, 6.07) is 142. The summed E-state index contributed by atoms with van der Waals surface area (Å²) in [5, 5.41) is 0. The Balaban J connectivity index is 0.724. The van der Waals surface area contributed by atoms with Crippen molar-refractivity contribution < 1.29 is 0 Å². The molecule has 468 valence electrons. The van der Waals surface area contributed by atoms with Crippen LogP contribution < -0.4 is 14.7 Å². The third kappa shape index (κ3) is 12.9. The lowest BCUT2D eigenvalue weighted by Crippen LogP contribution is -2.09. The maximum absolute atomic E-state index is 5.30. The topological polar surface area (TPSA) is 48.4 Å². The molecule has 0 radical (unpaired) electrons. The van der Waals surface area contributed by atoms with Crippen molar-refractivity contribution in [2.75, 3.05) is 14.7 Å². The number of hydrogen-bond donors (Lipinski definition) is 0. The number of nitrogens with zero attached hydrogens (tertiary/aromatic N) is 6. The largest absolute Gasteiger partial charge is 0.311 e. The molecule has 6 nitrogen and oxygen atoms in total. The van der Waals surface area contributed by atoms with Crippen LogP contribution in [0, 0.1) is 0 Å². The molecule has 16 aromatic rings. The van der Waals surface area contributed by atoms with Crippen molar-refractivity contribution in [1.82, 2.24) is 15.0 Å². The molecular weight excluding hydrogens is 1200 g/mol. The molecule has 0 bridgehead atoms. The first-order valence-corrected chi connectivity index (χ1v) is 33.5. The van der Waals surface area contributed by atoms with Crippen molar-refractivity contribution in [1.29, 1.82) is 0 Å². The van der Waals surface area contributed by atoms with Crippen molar-refractivity contribution in [2.24, 2.45) is 0 Å². The van der Waals surface area contributed by atoms with Crippen molar-refractivity contribution in [3.05, 3.63) is 400 Å². The van der Waals surface area contributed by atoms with Crippen molar-refractivity contribution in [3.63, 3.8) is 0 Å². The minimum Gasteiger partial charge on any atom is -0.311 e. The number of aromatic nitrogens is 3. The smallest absolute Gasteiger partial charge is 0.164 e. The van der Waals surface area contributed by atoms with E-state index in [1.807, 2.05) is 0 Å². The molecule has 0 N–H and O–H groups in total. The van der Waals surface area contributed by atoms with E-state index < -0.39 is 0 Å². The van der Waals surface area contributed by atoms with Crippen LogP contribution in [-0.2, 0) is 0 Å². The molecular formula is C93H66N6. The van der Waals surface area contributed by atoms with Crippen LogP contribution in [0.15, 0.2) is 400 Å². The Morgan fingerprint density at radius 2 is 0.253 bits per heavy atom. The maximum Gasteiger partial charge on any atom is 0.164 e. The Hall–Kier alpha value is -13.3. The number of para-hydroxylation sites is 6. The summed E-state index contributed by atoms with van der Waals surface area (Å²) in [5.74, 6) is 1.75. The van der Waals surface area contributed by atoms with E-state index in [-0.39, 0.29) is 0 Å². The predicted octanol–water partition coefficient (Wildman–Crippen LogP) is 25.3. The summed E-state index contributed by atoms with van der Waals surface area (Å²) >= 11 is 0. The van der Waals surface area contributed by atoms with Gasteiger partial charge in [-0.2, -0.15) is 0 Å². The van der Waals surface area contributed by atoms with E-state index in [1.54, 1.807) is 0 Å². The molecule has 16 rings (SSSR count). The van der Waals surface area contributed by atoms with Crippen LogP contribution in [0.4, 0.5) is 51.2 Å². The second-order valence-electron chi connectivity index (χ2n) is 24.3. The summed E-state index contributed by atoms with van der Waals surface area (Å²) < 4.78 is 0. The van der Waals surface area contributed by atoms with Crippen LogP contribution in [0.5, 0.6) is 0 Å². The summed E-state index contributed by atoms with van der Waals surface area (Å²) in [5.41, 5.74) is 25.9. The molecule has 6 heteroatoms. The van der Waals surface area contributed by atoms with Gasteiger partial charge < -0.3 is 14.7 Å². The van der Waals surface area contributed by atoms with Crippen molar-refractivity contribution >= 4 is 51.2 Å². The minimum absolute atomic E-state index is 0.582. The van der Waals surface area contributed by atoms with Gasteiger partial charge in [-0.1, -0.05) is 291 Å². The molecule has 0 aliphatic carbocycles. The summed E-state index contributed by atoms with van der Waals surface area (Å²) in [7, 11) is 0. The number of rotatable bonds is 18. The van der Waals surface area contributed by atoms with Crippen LogP contribution >= 0.6 is 0 Å². The van der Waals surface area contributed by atoms with Gasteiger partial charge in [-0.3, -0.25) is 0 Å². The SMILES string of the molecule is c1ccc(N(c2ccccc2)c2ccc(-c3ccccc3-c3ccc(-c4nc(-c5ccc(-c6ccccc6-c6ccc(N(c7ccccc7)c7ccccc7)cc6)cc5)nc(-c5ccc(-c6ccccc6-c6ccc(N(c7ccccc7)c7ccccc7)cc6)cc5)n4)cc3)cc2)cc1. The van der Waals surface area contributed by atoms with Crippen molar-refractivity contribution in [2.45, 2.75) is 0 Å². The Morgan fingerprint density at radius 1 is 0.121 bits per heavy atom. The van der Waals surface area contributed by atoms with E-state index in [2.05, 4.69) is 415 Å². The van der Waals surface area contributed by atoms with Crippen molar-refractivity contribution in [3.8, 4) is 101 Å². The van der Waals surface area contributed by atoms with Gasteiger partial charge in [0.1, 0.15) is 0 Å². The van der Waals surface area contributed by atoms with Crippen LogP contribution in [-0.4, -0.2) is 15.0 Å². The van der Waals surface area contributed by atoms with E-state index >= 15 is 0 Å². The van der Waals surface area contributed by atoms with E-state index in [9.17, 15) is 0 Å². The van der Waals surface area contributed by atoms with Gasteiger partial charge in [-0.15, -0.1) is 0 Å². The highest BCUT2D eigenvalue weighted by atomic mass is 15.2. The van der Waals surface area contributed by atoms with E-state index in [1.165, 1.54) is 0 Å². The third-order valence-electron chi connectivity index (χ3n) is 18.2. The van der Waals surface area contributed by atoms with Crippen LogP contribution in [0.25, 0.3) is 101 Å². The second-order valence-corrected chi connectivity index (χ2v) is 24.3. The van der Waals surface area contributed by atoms with E-state index in [4.69, 9.17) is 15.0 Å². The van der Waals surface area contributed by atoms with E-state index in [0.29, 0.717) is 17.5 Å².